The first-order valence-electron chi connectivity index (χ1n) is 9.04. The number of rotatable bonds is 7. The number of aliphatic carboxylic acids is 1. The van der Waals surface area contributed by atoms with Gasteiger partial charge in [-0.15, -0.1) is 0 Å². The summed E-state index contributed by atoms with van der Waals surface area (Å²) >= 11 is 1.69. The molecular formula is C19H25N3O3S. The summed E-state index contributed by atoms with van der Waals surface area (Å²) in [6, 6.07) is 7.92. The molecule has 0 bridgehead atoms. The number of para-hydroxylation sites is 2. The first kappa shape index (κ1) is 18.8. The lowest BCUT2D eigenvalue weighted by Gasteiger charge is -2.36. The van der Waals surface area contributed by atoms with Gasteiger partial charge in [-0.2, -0.15) is 11.8 Å². The number of carboxylic acids is 1. The Balaban J connectivity index is 1.80. The Labute approximate surface area is 157 Å². The lowest BCUT2D eigenvalue weighted by molar-refractivity contribution is -0.140. The van der Waals surface area contributed by atoms with Crippen LogP contribution in [0.5, 0.6) is 0 Å². The van der Waals surface area contributed by atoms with Crippen LogP contribution in [-0.4, -0.2) is 50.3 Å². The second-order valence-corrected chi connectivity index (χ2v) is 7.57. The molecule has 1 aliphatic rings. The van der Waals surface area contributed by atoms with Gasteiger partial charge in [0.1, 0.15) is 12.4 Å². The Morgan fingerprint density at radius 1 is 1.31 bits per heavy atom. The fraction of sp³-hybridized carbons (Fsp3) is 0.526. The highest BCUT2D eigenvalue weighted by Gasteiger charge is 2.27. The summed E-state index contributed by atoms with van der Waals surface area (Å²) < 4.78 is 2.01. The third kappa shape index (κ3) is 4.20. The van der Waals surface area contributed by atoms with Crippen LogP contribution in [-0.2, 0) is 21.9 Å². The quantitative estimate of drug-likeness (QED) is 0.805. The summed E-state index contributed by atoms with van der Waals surface area (Å²) in [6.07, 6.45) is 5.60. The number of fused-ring (bicyclic) bond motifs is 1. The van der Waals surface area contributed by atoms with E-state index < -0.39 is 5.97 Å². The predicted molar refractivity (Wildman–Crippen MR) is 103 cm³/mol. The summed E-state index contributed by atoms with van der Waals surface area (Å²) in [5, 5.41) is 8.97. The standard InChI is InChI=1S/C19H25N3O3S/c1-26-13-17-20-15-7-2-3-8-16(15)22(17)12-18(23)21-11-5-4-6-14(21)9-10-19(24)25/h2-3,7-8,14H,4-6,9-13H2,1H3,(H,24,25)/t14-/m0/s1. The number of nitrogens with zero attached hydrogens (tertiary/aromatic N) is 3. The molecule has 1 N–H and O–H groups in total. The Bertz CT molecular complexity index is 789. The van der Waals surface area contributed by atoms with E-state index in [9.17, 15) is 9.59 Å². The van der Waals surface area contributed by atoms with Gasteiger partial charge in [-0.3, -0.25) is 9.59 Å². The molecule has 7 heteroatoms. The molecule has 1 fully saturated rings. The minimum atomic E-state index is -0.800. The van der Waals surface area contributed by atoms with E-state index in [1.165, 1.54) is 0 Å². The van der Waals surface area contributed by atoms with E-state index in [4.69, 9.17) is 5.11 Å². The van der Waals surface area contributed by atoms with Crippen molar-refractivity contribution in [3.63, 3.8) is 0 Å². The normalized spacial score (nSPS) is 17.6. The van der Waals surface area contributed by atoms with Gasteiger partial charge in [0, 0.05) is 19.0 Å². The summed E-state index contributed by atoms with van der Waals surface area (Å²) in [5.74, 6) is 0.923. The maximum atomic E-state index is 13.0. The largest absolute Gasteiger partial charge is 0.481 e. The molecule has 6 nitrogen and oxygen atoms in total. The number of hydrogen-bond donors (Lipinski definition) is 1. The summed E-state index contributed by atoms with van der Waals surface area (Å²) in [6.45, 7) is 0.980. The predicted octanol–water partition coefficient (Wildman–Crippen LogP) is 3.15. The molecule has 1 aromatic carbocycles. The summed E-state index contributed by atoms with van der Waals surface area (Å²) in [4.78, 5) is 30.5. The third-order valence-electron chi connectivity index (χ3n) is 4.94. The highest BCUT2D eigenvalue weighted by molar-refractivity contribution is 7.97. The minimum absolute atomic E-state index is 0.0335. The van der Waals surface area contributed by atoms with E-state index >= 15 is 0 Å². The topological polar surface area (TPSA) is 75.4 Å². The van der Waals surface area contributed by atoms with E-state index in [-0.39, 0.29) is 24.9 Å². The third-order valence-corrected chi connectivity index (χ3v) is 5.49. The molecule has 26 heavy (non-hydrogen) atoms. The summed E-state index contributed by atoms with van der Waals surface area (Å²) in [7, 11) is 0. The number of carbonyl (C=O) groups is 2. The number of amides is 1. The van der Waals surface area contributed by atoms with Crippen LogP contribution in [0.25, 0.3) is 11.0 Å². The number of aromatic nitrogens is 2. The molecule has 1 saturated heterocycles. The van der Waals surface area contributed by atoms with Crippen molar-refractivity contribution in [2.45, 2.75) is 50.4 Å². The van der Waals surface area contributed by atoms with Crippen LogP contribution in [0.15, 0.2) is 24.3 Å². The maximum Gasteiger partial charge on any atom is 0.303 e. The van der Waals surface area contributed by atoms with Crippen molar-refractivity contribution in [3.05, 3.63) is 30.1 Å². The highest BCUT2D eigenvalue weighted by Crippen LogP contribution is 2.23. The Morgan fingerprint density at radius 2 is 2.12 bits per heavy atom. The molecule has 140 valence electrons. The van der Waals surface area contributed by atoms with Gasteiger partial charge in [0.2, 0.25) is 5.91 Å². The molecule has 0 radical (unpaired) electrons. The first-order chi connectivity index (χ1) is 12.6. The van der Waals surface area contributed by atoms with Crippen molar-refractivity contribution in [2.75, 3.05) is 12.8 Å². The second kappa shape index (κ2) is 8.58. The first-order valence-corrected chi connectivity index (χ1v) is 10.4. The molecule has 2 heterocycles. The van der Waals surface area contributed by atoms with Crippen LogP contribution in [0.2, 0.25) is 0 Å². The number of benzene rings is 1. The zero-order chi connectivity index (χ0) is 18.5. The molecule has 0 spiro atoms. The van der Waals surface area contributed by atoms with Crippen LogP contribution in [0, 0.1) is 0 Å². The highest BCUT2D eigenvalue weighted by atomic mass is 32.2. The molecule has 1 aromatic heterocycles. The Kier molecular flexibility index (Phi) is 6.19. The number of likely N-dealkylation sites (tertiary alicyclic amines) is 1. The average molecular weight is 375 g/mol. The smallest absolute Gasteiger partial charge is 0.303 e. The van der Waals surface area contributed by atoms with E-state index in [0.717, 1.165) is 41.9 Å². The molecule has 1 amide bonds. The number of imidazole rings is 1. The Hall–Kier alpha value is -2.02. The van der Waals surface area contributed by atoms with Crippen molar-refractivity contribution in [3.8, 4) is 0 Å². The van der Waals surface area contributed by atoms with Crippen LogP contribution < -0.4 is 0 Å². The van der Waals surface area contributed by atoms with Gasteiger partial charge in [0.15, 0.2) is 0 Å². The maximum absolute atomic E-state index is 13.0. The molecule has 0 saturated carbocycles. The van der Waals surface area contributed by atoms with Gasteiger partial charge in [-0.25, -0.2) is 4.98 Å². The van der Waals surface area contributed by atoms with Gasteiger partial charge in [-0.1, -0.05) is 12.1 Å². The summed E-state index contributed by atoms with van der Waals surface area (Å²) in [5.41, 5.74) is 1.88. The van der Waals surface area contributed by atoms with Crippen LogP contribution >= 0.6 is 11.8 Å². The minimum Gasteiger partial charge on any atom is -0.481 e. The monoisotopic (exact) mass is 375 g/mol. The fourth-order valence-electron chi connectivity index (χ4n) is 3.69. The van der Waals surface area contributed by atoms with Crippen molar-refractivity contribution in [2.24, 2.45) is 0 Å². The molecule has 3 rings (SSSR count). The number of carboxylic acid groups (broad SMARTS) is 1. The fourth-order valence-corrected chi connectivity index (χ4v) is 4.16. The Morgan fingerprint density at radius 3 is 2.88 bits per heavy atom. The van der Waals surface area contributed by atoms with Gasteiger partial charge in [-0.05, 0) is 44.1 Å². The molecule has 0 unspecified atom stereocenters. The van der Waals surface area contributed by atoms with Gasteiger partial charge < -0.3 is 14.6 Å². The van der Waals surface area contributed by atoms with Crippen molar-refractivity contribution < 1.29 is 14.7 Å². The van der Waals surface area contributed by atoms with E-state index in [1.54, 1.807) is 11.8 Å². The molecule has 2 aromatic rings. The zero-order valence-corrected chi connectivity index (χ0v) is 15.9. The van der Waals surface area contributed by atoms with Gasteiger partial charge in [0.25, 0.3) is 0 Å². The number of piperidine rings is 1. The number of thioether (sulfide) groups is 1. The number of hydrogen-bond acceptors (Lipinski definition) is 4. The van der Waals surface area contributed by atoms with Crippen LogP contribution in [0.4, 0.5) is 0 Å². The van der Waals surface area contributed by atoms with Crippen LogP contribution in [0.3, 0.4) is 0 Å². The second-order valence-electron chi connectivity index (χ2n) is 6.71. The molecule has 0 aliphatic carbocycles. The van der Waals surface area contributed by atoms with Crippen LogP contribution in [0.1, 0.15) is 37.9 Å². The van der Waals surface area contributed by atoms with Crippen molar-refractivity contribution in [1.29, 1.82) is 0 Å². The SMILES string of the molecule is CSCc1nc2ccccc2n1CC(=O)N1CCCC[C@H]1CCC(=O)O. The molecular weight excluding hydrogens is 350 g/mol. The van der Waals surface area contributed by atoms with Crippen molar-refractivity contribution >= 4 is 34.7 Å². The molecule has 1 atom stereocenters. The van der Waals surface area contributed by atoms with E-state index in [0.29, 0.717) is 13.0 Å². The lowest BCUT2D eigenvalue weighted by Crippen LogP contribution is -2.45. The van der Waals surface area contributed by atoms with E-state index in [1.807, 2.05) is 40.0 Å². The molecule has 1 aliphatic heterocycles. The van der Waals surface area contributed by atoms with Gasteiger partial charge in [0.05, 0.1) is 16.8 Å². The zero-order valence-electron chi connectivity index (χ0n) is 15.1. The van der Waals surface area contributed by atoms with Gasteiger partial charge >= 0.3 is 5.97 Å². The average Bonchev–Trinajstić information content (AvgIpc) is 2.98. The van der Waals surface area contributed by atoms with Crippen molar-refractivity contribution in [1.82, 2.24) is 14.5 Å². The lowest BCUT2D eigenvalue weighted by atomic mass is 9.98. The van der Waals surface area contributed by atoms with E-state index in [2.05, 4.69) is 4.98 Å². The number of carbonyl (C=O) groups excluding carboxylic acids is 1.